The Bertz CT molecular complexity index is 732. The van der Waals surface area contributed by atoms with Crippen LogP contribution < -0.4 is 15.4 Å². The van der Waals surface area contributed by atoms with E-state index in [2.05, 4.69) is 9.97 Å². The SMILES string of the molecule is CN(C)c1cc(Oc2cccc(C(F)(F)F)c2)nc(C(N)=O)n1. The van der Waals surface area contributed by atoms with Crippen molar-refractivity contribution in [2.24, 2.45) is 5.73 Å². The summed E-state index contributed by atoms with van der Waals surface area (Å²) in [6.45, 7) is 0. The molecule has 0 saturated heterocycles. The highest BCUT2D eigenvalue weighted by molar-refractivity contribution is 5.89. The van der Waals surface area contributed by atoms with Crippen molar-refractivity contribution in [1.29, 1.82) is 0 Å². The highest BCUT2D eigenvalue weighted by Crippen LogP contribution is 2.32. The number of alkyl halides is 3. The quantitative estimate of drug-likeness (QED) is 0.933. The maximum absolute atomic E-state index is 12.7. The van der Waals surface area contributed by atoms with Crippen LogP contribution in [0.1, 0.15) is 16.2 Å². The molecular formula is C14H13F3N4O2. The van der Waals surface area contributed by atoms with E-state index in [1.807, 2.05) is 0 Å². The number of aromatic nitrogens is 2. The lowest BCUT2D eigenvalue weighted by molar-refractivity contribution is -0.137. The van der Waals surface area contributed by atoms with Crippen LogP contribution >= 0.6 is 0 Å². The number of amides is 1. The Morgan fingerprint density at radius 3 is 2.48 bits per heavy atom. The largest absolute Gasteiger partial charge is 0.439 e. The average Bonchev–Trinajstić information content (AvgIpc) is 2.46. The minimum Gasteiger partial charge on any atom is -0.439 e. The van der Waals surface area contributed by atoms with Crippen LogP contribution in [0.3, 0.4) is 0 Å². The van der Waals surface area contributed by atoms with Gasteiger partial charge in [0.25, 0.3) is 5.91 Å². The first-order valence-corrected chi connectivity index (χ1v) is 6.38. The van der Waals surface area contributed by atoms with E-state index < -0.39 is 17.6 Å². The molecule has 122 valence electrons. The van der Waals surface area contributed by atoms with Crippen molar-refractivity contribution in [3.05, 3.63) is 41.7 Å². The fourth-order valence-electron chi connectivity index (χ4n) is 1.66. The Labute approximate surface area is 129 Å². The molecular weight excluding hydrogens is 313 g/mol. The van der Waals surface area contributed by atoms with E-state index in [0.717, 1.165) is 12.1 Å². The van der Waals surface area contributed by atoms with E-state index in [1.54, 1.807) is 19.0 Å². The number of halogens is 3. The number of ether oxygens (including phenoxy) is 1. The van der Waals surface area contributed by atoms with Crippen LogP contribution in [0, 0.1) is 0 Å². The van der Waals surface area contributed by atoms with Gasteiger partial charge in [-0.2, -0.15) is 18.2 Å². The van der Waals surface area contributed by atoms with Crippen LogP contribution in [-0.2, 0) is 6.18 Å². The molecule has 2 aromatic rings. The molecule has 0 aliphatic heterocycles. The molecule has 0 radical (unpaired) electrons. The Morgan fingerprint density at radius 2 is 1.91 bits per heavy atom. The molecule has 0 aliphatic carbocycles. The molecule has 23 heavy (non-hydrogen) atoms. The Balaban J connectivity index is 2.38. The maximum atomic E-state index is 12.7. The molecule has 6 nitrogen and oxygen atoms in total. The molecule has 1 aromatic heterocycles. The molecule has 2 rings (SSSR count). The third-order valence-corrected chi connectivity index (χ3v) is 2.75. The number of nitrogens with zero attached hydrogens (tertiary/aromatic N) is 3. The molecule has 0 fully saturated rings. The second kappa shape index (κ2) is 6.11. The van der Waals surface area contributed by atoms with E-state index in [0.29, 0.717) is 5.82 Å². The number of hydrogen-bond donors (Lipinski definition) is 1. The summed E-state index contributed by atoms with van der Waals surface area (Å²) in [5, 5.41) is 0. The standard InChI is InChI=1S/C14H13F3N4O2/c1-21(2)10-7-11(20-13(19-10)12(18)22)23-9-5-3-4-8(6-9)14(15,16)17/h3-7H,1-2H3,(H2,18,22). The van der Waals surface area contributed by atoms with E-state index in [4.69, 9.17) is 10.5 Å². The number of anilines is 1. The van der Waals surface area contributed by atoms with Crippen LogP contribution in [0.4, 0.5) is 19.0 Å². The van der Waals surface area contributed by atoms with Gasteiger partial charge in [0.2, 0.25) is 11.7 Å². The van der Waals surface area contributed by atoms with Crippen LogP contribution in [0.25, 0.3) is 0 Å². The summed E-state index contributed by atoms with van der Waals surface area (Å²) in [6.07, 6.45) is -4.49. The van der Waals surface area contributed by atoms with Gasteiger partial charge in [-0.1, -0.05) is 6.07 Å². The molecule has 0 unspecified atom stereocenters. The smallest absolute Gasteiger partial charge is 0.416 e. The van der Waals surface area contributed by atoms with Crippen molar-refractivity contribution in [3.63, 3.8) is 0 Å². The minimum atomic E-state index is -4.49. The first-order chi connectivity index (χ1) is 10.7. The molecule has 9 heteroatoms. The molecule has 1 heterocycles. The van der Waals surface area contributed by atoms with Crippen molar-refractivity contribution in [2.45, 2.75) is 6.18 Å². The zero-order valence-corrected chi connectivity index (χ0v) is 12.3. The molecule has 0 bridgehead atoms. The fourth-order valence-corrected chi connectivity index (χ4v) is 1.66. The van der Waals surface area contributed by atoms with Gasteiger partial charge in [-0.25, -0.2) is 4.98 Å². The van der Waals surface area contributed by atoms with Crippen molar-refractivity contribution in [1.82, 2.24) is 9.97 Å². The van der Waals surface area contributed by atoms with Gasteiger partial charge in [-0.3, -0.25) is 4.79 Å². The number of hydrogen-bond acceptors (Lipinski definition) is 5. The van der Waals surface area contributed by atoms with Gasteiger partial charge in [0, 0.05) is 20.2 Å². The third-order valence-electron chi connectivity index (χ3n) is 2.75. The van der Waals surface area contributed by atoms with Gasteiger partial charge >= 0.3 is 6.18 Å². The molecule has 1 amide bonds. The van der Waals surface area contributed by atoms with Gasteiger partial charge in [0.05, 0.1) is 5.56 Å². The fraction of sp³-hybridized carbons (Fsp3) is 0.214. The minimum absolute atomic E-state index is 0.0707. The van der Waals surface area contributed by atoms with Crippen LogP contribution in [0.5, 0.6) is 11.6 Å². The predicted octanol–water partition coefficient (Wildman–Crippen LogP) is 2.45. The second-order valence-electron chi connectivity index (χ2n) is 4.77. The Kier molecular flexibility index (Phi) is 4.39. The molecule has 0 spiro atoms. The maximum Gasteiger partial charge on any atom is 0.416 e. The lowest BCUT2D eigenvalue weighted by atomic mass is 10.2. The van der Waals surface area contributed by atoms with Crippen molar-refractivity contribution in [3.8, 4) is 11.6 Å². The van der Waals surface area contributed by atoms with Crippen molar-refractivity contribution < 1.29 is 22.7 Å². The molecule has 2 N–H and O–H groups in total. The summed E-state index contributed by atoms with van der Waals surface area (Å²) >= 11 is 0. The number of carbonyl (C=O) groups is 1. The summed E-state index contributed by atoms with van der Waals surface area (Å²) in [5.41, 5.74) is 4.28. The van der Waals surface area contributed by atoms with E-state index in [9.17, 15) is 18.0 Å². The van der Waals surface area contributed by atoms with E-state index in [-0.39, 0.29) is 17.5 Å². The summed E-state index contributed by atoms with van der Waals surface area (Å²) in [5.74, 6) is -0.993. The summed E-state index contributed by atoms with van der Waals surface area (Å²) < 4.78 is 43.4. The number of nitrogens with two attached hydrogens (primary N) is 1. The lowest BCUT2D eigenvalue weighted by Crippen LogP contribution is -2.19. The molecule has 1 aromatic carbocycles. The predicted molar refractivity (Wildman–Crippen MR) is 76.4 cm³/mol. The van der Waals surface area contributed by atoms with Crippen LogP contribution in [-0.4, -0.2) is 30.0 Å². The first-order valence-electron chi connectivity index (χ1n) is 6.38. The van der Waals surface area contributed by atoms with Gasteiger partial charge < -0.3 is 15.4 Å². The molecule has 0 saturated carbocycles. The van der Waals surface area contributed by atoms with Gasteiger partial charge in [-0.15, -0.1) is 0 Å². The highest BCUT2D eigenvalue weighted by atomic mass is 19.4. The zero-order chi connectivity index (χ0) is 17.2. The number of carbonyl (C=O) groups excluding carboxylic acids is 1. The number of benzene rings is 1. The Hall–Kier alpha value is -2.84. The monoisotopic (exact) mass is 326 g/mol. The van der Waals surface area contributed by atoms with Gasteiger partial charge in [-0.05, 0) is 18.2 Å². The second-order valence-corrected chi connectivity index (χ2v) is 4.77. The topological polar surface area (TPSA) is 81.3 Å². The lowest BCUT2D eigenvalue weighted by Gasteiger charge is -2.14. The molecule has 0 aliphatic rings. The summed E-state index contributed by atoms with van der Waals surface area (Å²) in [4.78, 5) is 20.5. The Morgan fingerprint density at radius 1 is 1.22 bits per heavy atom. The number of rotatable bonds is 4. The zero-order valence-electron chi connectivity index (χ0n) is 12.3. The van der Waals surface area contributed by atoms with Crippen LogP contribution in [0.2, 0.25) is 0 Å². The van der Waals surface area contributed by atoms with Gasteiger partial charge in [0.15, 0.2) is 0 Å². The number of primary amides is 1. The van der Waals surface area contributed by atoms with Gasteiger partial charge in [0.1, 0.15) is 11.6 Å². The highest BCUT2D eigenvalue weighted by Gasteiger charge is 2.30. The van der Waals surface area contributed by atoms with Crippen molar-refractivity contribution in [2.75, 3.05) is 19.0 Å². The van der Waals surface area contributed by atoms with E-state index >= 15 is 0 Å². The first kappa shape index (κ1) is 16.5. The normalized spacial score (nSPS) is 11.2. The third kappa shape index (κ3) is 4.09. The summed E-state index contributed by atoms with van der Waals surface area (Å²) in [7, 11) is 3.34. The molecule has 0 atom stereocenters. The summed E-state index contributed by atoms with van der Waals surface area (Å²) in [6, 6.07) is 5.69. The van der Waals surface area contributed by atoms with E-state index in [1.165, 1.54) is 18.2 Å². The average molecular weight is 326 g/mol. The van der Waals surface area contributed by atoms with Crippen molar-refractivity contribution >= 4 is 11.7 Å². The van der Waals surface area contributed by atoms with Crippen LogP contribution in [0.15, 0.2) is 30.3 Å².